The molecule has 0 radical (unpaired) electrons. The number of hydrogen-bond donors (Lipinski definition) is 2. The van der Waals surface area contributed by atoms with Crippen LogP contribution in [0.25, 0.3) is 16.8 Å². The summed E-state index contributed by atoms with van der Waals surface area (Å²) in [6, 6.07) is 13.8. The molecule has 0 bridgehead atoms. The lowest BCUT2D eigenvalue weighted by Crippen LogP contribution is -2.23. The predicted octanol–water partition coefficient (Wildman–Crippen LogP) is 3.06. The molecule has 0 aliphatic rings. The first-order valence-electron chi connectivity index (χ1n) is 10.3. The van der Waals surface area contributed by atoms with Gasteiger partial charge in [-0.05, 0) is 46.7 Å². The average molecular weight is 429 g/mol. The van der Waals surface area contributed by atoms with Crippen LogP contribution in [0.15, 0.2) is 54.9 Å². The summed E-state index contributed by atoms with van der Waals surface area (Å²) in [6.45, 7) is 6.31. The Labute approximate surface area is 185 Å². The highest BCUT2D eigenvalue weighted by Crippen LogP contribution is 2.26. The molecule has 1 amide bonds. The summed E-state index contributed by atoms with van der Waals surface area (Å²) in [6.07, 6.45) is 3.00. The number of nitrogens with two attached hydrogens (primary N) is 1. The molecule has 4 aromatic rings. The van der Waals surface area contributed by atoms with Crippen molar-refractivity contribution in [2.24, 2.45) is 0 Å². The Morgan fingerprint density at radius 1 is 1.06 bits per heavy atom. The van der Waals surface area contributed by atoms with Crippen molar-refractivity contribution in [1.82, 2.24) is 35.5 Å². The van der Waals surface area contributed by atoms with Crippen LogP contribution in [-0.2, 0) is 6.54 Å². The molecule has 0 aliphatic carbocycles. The van der Waals surface area contributed by atoms with Crippen molar-refractivity contribution in [3.63, 3.8) is 0 Å². The van der Waals surface area contributed by atoms with Gasteiger partial charge in [0, 0.05) is 11.5 Å². The van der Waals surface area contributed by atoms with Crippen LogP contribution < -0.4 is 11.1 Å². The first-order valence-corrected chi connectivity index (χ1v) is 10.3. The summed E-state index contributed by atoms with van der Waals surface area (Å²) in [7, 11) is 0. The molecular formula is C23H24N8O. The van der Waals surface area contributed by atoms with E-state index in [1.807, 2.05) is 57.2 Å². The highest BCUT2D eigenvalue weighted by molar-refractivity contribution is 5.96. The van der Waals surface area contributed by atoms with E-state index in [2.05, 4.69) is 30.8 Å². The van der Waals surface area contributed by atoms with Gasteiger partial charge in [0.25, 0.3) is 5.91 Å². The fraction of sp³-hybridized carbons (Fsp3) is 0.217. The van der Waals surface area contributed by atoms with Crippen molar-refractivity contribution in [2.45, 2.75) is 33.2 Å². The number of aromatic nitrogens is 6. The van der Waals surface area contributed by atoms with E-state index in [-0.39, 0.29) is 18.4 Å². The van der Waals surface area contributed by atoms with Gasteiger partial charge in [0.05, 0.1) is 30.3 Å². The summed E-state index contributed by atoms with van der Waals surface area (Å²) in [4.78, 5) is 21.2. The lowest BCUT2D eigenvalue weighted by atomic mass is 10.0. The zero-order valence-corrected chi connectivity index (χ0v) is 18.1. The Kier molecular flexibility index (Phi) is 5.89. The normalized spacial score (nSPS) is 11.0. The number of hydrogen-bond acceptors (Lipinski definition) is 7. The lowest BCUT2D eigenvalue weighted by Gasteiger charge is -2.13. The molecule has 0 aliphatic heterocycles. The smallest absolute Gasteiger partial charge is 0.251 e. The second-order valence-electron chi connectivity index (χ2n) is 7.85. The van der Waals surface area contributed by atoms with Crippen LogP contribution in [0.1, 0.15) is 47.2 Å². The van der Waals surface area contributed by atoms with Gasteiger partial charge in [0.1, 0.15) is 5.82 Å². The summed E-state index contributed by atoms with van der Waals surface area (Å²) in [5.74, 6) is 0.930. The number of amides is 1. The molecule has 0 saturated heterocycles. The number of benzene rings is 2. The van der Waals surface area contributed by atoms with Crippen molar-refractivity contribution < 1.29 is 4.79 Å². The van der Waals surface area contributed by atoms with Crippen LogP contribution in [0.2, 0.25) is 0 Å². The number of nitrogen functional groups attached to an aromatic ring is 1. The maximum atomic E-state index is 13.0. The Bertz CT molecular complexity index is 1230. The standard InChI is InChI=1S/C23H24N8O/c1-14(2)22-28-29-30-31(22)20-9-17(16-6-4-15(3)5-7-16)8-18(10-20)23(32)27-12-19-11-26-21(24)13-25-19/h4-11,13-14H,12H2,1-3H3,(H2,24,26)(H,27,32). The predicted molar refractivity (Wildman–Crippen MR) is 121 cm³/mol. The van der Waals surface area contributed by atoms with Crippen LogP contribution in [0.3, 0.4) is 0 Å². The Morgan fingerprint density at radius 2 is 1.84 bits per heavy atom. The van der Waals surface area contributed by atoms with E-state index in [0.29, 0.717) is 22.8 Å². The monoisotopic (exact) mass is 428 g/mol. The van der Waals surface area contributed by atoms with Gasteiger partial charge in [0.15, 0.2) is 5.82 Å². The zero-order chi connectivity index (χ0) is 22.7. The maximum Gasteiger partial charge on any atom is 0.251 e. The highest BCUT2D eigenvalue weighted by Gasteiger charge is 2.16. The number of aryl methyl sites for hydroxylation is 1. The van der Waals surface area contributed by atoms with Crippen molar-refractivity contribution in [2.75, 3.05) is 5.73 Å². The molecule has 2 aromatic carbocycles. The number of nitrogens with one attached hydrogen (secondary N) is 1. The molecule has 32 heavy (non-hydrogen) atoms. The third-order valence-corrected chi connectivity index (χ3v) is 4.97. The van der Waals surface area contributed by atoms with Gasteiger partial charge in [-0.15, -0.1) is 5.10 Å². The Balaban J connectivity index is 1.71. The second-order valence-corrected chi connectivity index (χ2v) is 7.85. The molecule has 0 unspecified atom stereocenters. The minimum Gasteiger partial charge on any atom is -0.382 e. The molecule has 3 N–H and O–H groups in total. The number of anilines is 1. The largest absolute Gasteiger partial charge is 0.382 e. The molecular weight excluding hydrogens is 404 g/mol. The minimum atomic E-state index is -0.238. The Hall–Kier alpha value is -4.14. The Morgan fingerprint density at radius 3 is 2.53 bits per heavy atom. The van der Waals surface area contributed by atoms with E-state index in [1.54, 1.807) is 16.9 Å². The maximum absolute atomic E-state index is 13.0. The molecule has 4 rings (SSSR count). The summed E-state index contributed by atoms with van der Waals surface area (Å²) in [5.41, 5.74) is 10.4. The van der Waals surface area contributed by atoms with Gasteiger partial charge in [-0.2, -0.15) is 4.68 Å². The van der Waals surface area contributed by atoms with Crippen molar-refractivity contribution in [3.8, 4) is 16.8 Å². The van der Waals surface area contributed by atoms with Crippen LogP contribution in [0, 0.1) is 6.92 Å². The first kappa shape index (κ1) is 21.1. The van der Waals surface area contributed by atoms with Gasteiger partial charge in [-0.3, -0.25) is 9.78 Å². The van der Waals surface area contributed by atoms with Crippen LogP contribution >= 0.6 is 0 Å². The molecule has 0 saturated carbocycles. The first-order chi connectivity index (χ1) is 15.4. The number of carbonyl (C=O) groups is 1. The minimum absolute atomic E-state index is 0.120. The zero-order valence-electron chi connectivity index (χ0n) is 18.1. The van der Waals surface area contributed by atoms with Gasteiger partial charge < -0.3 is 11.1 Å². The summed E-state index contributed by atoms with van der Waals surface area (Å²) in [5, 5.41) is 15.0. The van der Waals surface area contributed by atoms with Crippen molar-refractivity contribution in [3.05, 3.63) is 77.5 Å². The SMILES string of the molecule is Cc1ccc(-c2cc(C(=O)NCc3cnc(N)cn3)cc(-n3nnnc3C(C)C)c2)cc1. The van der Waals surface area contributed by atoms with Crippen molar-refractivity contribution >= 4 is 11.7 Å². The van der Waals surface area contributed by atoms with Crippen LogP contribution in [0.5, 0.6) is 0 Å². The van der Waals surface area contributed by atoms with E-state index in [9.17, 15) is 4.79 Å². The number of carbonyl (C=O) groups excluding carboxylic acids is 1. The molecule has 2 heterocycles. The average Bonchev–Trinajstić information content (AvgIpc) is 3.29. The third kappa shape index (κ3) is 4.61. The van der Waals surface area contributed by atoms with Gasteiger partial charge in [0.2, 0.25) is 0 Å². The third-order valence-electron chi connectivity index (χ3n) is 4.97. The van der Waals surface area contributed by atoms with E-state index < -0.39 is 0 Å². The highest BCUT2D eigenvalue weighted by atomic mass is 16.1. The lowest BCUT2D eigenvalue weighted by molar-refractivity contribution is 0.0950. The number of rotatable bonds is 6. The van der Waals surface area contributed by atoms with Gasteiger partial charge in [-0.1, -0.05) is 43.7 Å². The molecule has 0 fully saturated rings. The summed E-state index contributed by atoms with van der Waals surface area (Å²) >= 11 is 0. The molecule has 2 aromatic heterocycles. The molecule has 9 nitrogen and oxygen atoms in total. The number of nitrogens with zero attached hydrogens (tertiary/aromatic N) is 6. The molecule has 0 atom stereocenters. The van der Waals surface area contributed by atoms with Gasteiger partial charge >= 0.3 is 0 Å². The van der Waals surface area contributed by atoms with E-state index in [0.717, 1.165) is 22.5 Å². The second kappa shape index (κ2) is 8.93. The fourth-order valence-electron chi connectivity index (χ4n) is 3.24. The van der Waals surface area contributed by atoms with Crippen LogP contribution in [0.4, 0.5) is 5.82 Å². The quantitative estimate of drug-likeness (QED) is 0.483. The van der Waals surface area contributed by atoms with Crippen LogP contribution in [-0.4, -0.2) is 36.1 Å². The fourth-order valence-corrected chi connectivity index (χ4v) is 3.24. The van der Waals surface area contributed by atoms with E-state index in [1.165, 1.54) is 6.20 Å². The molecule has 0 spiro atoms. The van der Waals surface area contributed by atoms with Gasteiger partial charge in [-0.25, -0.2) is 4.98 Å². The van der Waals surface area contributed by atoms with E-state index in [4.69, 9.17) is 5.73 Å². The molecule has 9 heteroatoms. The number of tetrazole rings is 1. The topological polar surface area (TPSA) is 125 Å². The summed E-state index contributed by atoms with van der Waals surface area (Å²) < 4.78 is 1.67. The van der Waals surface area contributed by atoms with E-state index >= 15 is 0 Å². The molecule has 162 valence electrons. The van der Waals surface area contributed by atoms with Crippen molar-refractivity contribution in [1.29, 1.82) is 0 Å².